The molecule has 4 heteroatoms. The molecule has 0 bridgehead atoms. The Morgan fingerprint density at radius 3 is 2.87 bits per heavy atom. The third kappa shape index (κ3) is 3.13. The molecule has 2 aliphatic rings. The van der Waals surface area contributed by atoms with Crippen molar-refractivity contribution in [1.29, 1.82) is 0 Å². The van der Waals surface area contributed by atoms with E-state index in [1.54, 1.807) is 0 Å². The van der Waals surface area contributed by atoms with E-state index >= 15 is 0 Å². The van der Waals surface area contributed by atoms with Gasteiger partial charge < -0.3 is 10.5 Å². The molecular weight excluding hydrogens is 208 g/mol. The summed E-state index contributed by atoms with van der Waals surface area (Å²) in [6, 6.07) is 0. The van der Waals surface area contributed by atoms with Crippen molar-refractivity contribution in [3.8, 4) is 0 Å². The van der Waals surface area contributed by atoms with Crippen LogP contribution in [0.5, 0.6) is 0 Å². The molecule has 1 saturated heterocycles. The van der Waals surface area contributed by atoms with Crippen LogP contribution in [0.25, 0.3) is 0 Å². The third-order valence-corrected chi connectivity index (χ3v) is 3.53. The van der Waals surface area contributed by atoms with Gasteiger partial charge in [-0.2, -0.15) is 0 Å². The second-order valence-corrected chi connectivity index (χ2v) is 5.58. The fraction of sp³-hybridized carbons (Fsp3) is 0.909. The number of thiocarbonyl (C=S) groups is 1. The highest BCUT2D eigenvalue weighted by Crippen LogP contribution is 2.49. The minimum absolute atomic E-state index is 0.374. The first-order valence-electron chi connectivity index (χ1n) is 5.72. The van der Waals surface area contributed by atoms with E-state index in [4.69, 9.17) is 22.7 Å². The van der Waals surface area contributed by atoms with Gasteiger partial charge in [0, 0.05) is 26.1 Å². The average Bonchev–Trinajstić information content (AvgIpc) is 2.83. The molecule has 86 valence electrons. The van der Waals surface area contributed by atoms with E-state index in [1.165, 1.54) is 12.8 Å². The normalized spacial score (nSPS) is 30.1. The van der Waals surface area contributed by atoms with Crippen molar-refractivity contribution in [2.45, 2.75) is 32.3 Å². The molecule has 0 amide bonds. The molecule has 1 atom stereocenters. The highest BCUT2D eigenvalue weighted by atomic mass is 32.1. The van der Waals surface area contributed by atoms with Crippen LogP contribution < -0.4 is 5.73 Å². The number of nitrogens with zero attached hydrogens (tertiary/aromatic N) is 1. The van der Waals surface area contributed by atoms with E-state index in [-0.39, 0.29) is 0 Å². The van der Waals surface area contributed by atoms with Crippen LogP contribution in [0.2, 0.25) is 0 Å². The fourth-order valence-corrected chi connectivity index (χ4v) is 2.75. The molecule has 1 heterocycles. The molecular formula is C11H20N2OS. The smallest absolute Gasteiger partial charge is 0.0733 e. The van der Waals surface area contributed by atoms with Gasteiger partial charge in [0.05, 0.1) is 17.7 Å². The predicted octanol–water partition coefficient (Wildman–Crippen LogP) is 1.16. The minimum Gasteiger partial charge on any atom is -0.393 e. The van der Waals surface area contributed by atoms with E-state index in [2.05, 4.69) is 11.8 Å². The van der Waals surface area contributed by atoms with Gasteiger partial charge in [0.15, 0.2) is 0 Å². The lowest BCUT2D eigenvalue weighted by atomic mass is 10.0. The molecule has 1 saturated carbocycles. The fourth-order valence-electron chi connectivity index (χ4n) is 2.45. The quantitative estimate of drug-likeness (QED) is 0.733. The molecule has 0 aromatic heterocycles. The molecule has 2 rings (SSSR count). The van der Waals surface area contributed by atoms with Crippen molar-refractivity contribution >= 4 is 17.2 Å². The lowest BCUT2D eigenvalue weighted by Crippen LogP contribution is -2.44. The largest absolute Gasteiger partial charge is 0.393 e. The Morgan fingerprint density at radius 2 is 2.33 bits per heavy atom. The summed E-state index contributed by atoms with van der Waals surface area (Å²) in [4.78, 5) is 3.17. The first-order chi connectivity index (χ1) is 7.10. The van der Waals surface area contributed by atoms with Crippen LogP contribution in [0.1, 0.15) is 26.2 Å². The van der Waals surface area contributed by atoms with Gasteiger partial charge in [0.2, 0.25) is 0 Å². The van der Waals surface area contributed by atoms with Gasteiger partial charge in [0.1, 0.15) is 0 Å². The Kier molecular flexibility index (Phi) is 3.28. The van der Waals surface area contributed by atoms with E-state index in [0.29, 0.717) is 16.5 Å². The van der Waals surface area contributed by atoms with E-state index in [1.807, 2.05) is 0 Å². The molecule has 0 radical (unpaired) electrons. The number of ether oxygens (including phenoxy) is 1. The molecule has 2 N–H and O–H groups in total. The molecule has 15 heavy (non-hydrogen) atoms. The Bertz CT molecular complexity index is 253. The average molecular weight is 228 g/mol. The summed E-state index contributed by atoms with van der Waals surface area (Å²) in [6.07, 6.45) is 3.87. The molecule has 0 aromatic rings. The van der Waals surface area contributed by atoms with E-state index < -0.39 is 0 Å². The SMILES string of the molecule is CC1CN(CC2(CC(N)=S)CC2)CCO1. The van der Waals surface area contributed by atoms with Crippen LogP contribution in [0.15, 0.2) is 0 Å². The molecule has 2 fully saturated rings. The second-order valence-electron chi connectivity index (χ2n) is 5.06. The zero-order chi connectivity index (χ0) is 10.9. The molecule has 1 aliphatic carbocycles. The first kappa shape index (κ1) is 11.3. The Balaban J connectivity index is 1.83. The zero-order valence-electron chi connectivity index (χ0n) is 9.37. The lowest BCUT2D eigenvalue weighted by Gasteiger charge is -2.33. The van der Waals surface area contributed by atoms with Gasteiger partial charge in [-0.25, -0.2) is 0 Å². The Morgan fingerprint density at radius 1 is 1.60 bits per heavy atom. The molecule has 0 spiro atoms. The third-order valence-electron chi connectivity index (χ3n) is 3.39. The molecule has 0 aromatic carbocycles. The maximum Gasteiger partial charge on any atom is 0.0733 e. The number of hydrogen-bond acceptors (Lipinski definition) is 3. The van der Waals surface area contributed by atoms with Crippen LogP contribution in [0.4, 0.5) is 0 Å². The van der Waals surface area contributed by atoms with Crippen LogP contribution in [0.3, 0.4) is 0 Å². The monoisotopic (exact) mass is 228 g/mol. The summed E-state index contributed by atoms with van der Waals surface area (Å²) in [5, 5.41) is 0. The summed E-state index contributed by atoms with van der Waals surface area (Å²) in [5.41, 5.74) is 6.06. The van der Waals surface area contributed by atoms with Gasteiger partial charge in [-0.05, 0) is 25.2 Å². The van der Waals surface area contributed by atoms with Crippen LogP contribution in [-0.2, 0) is 4.74 Å². The summed E-state index contributed by atoms with van der Waals surface area (Å²) < 4.78 is 5.53. The summed E-state index contributed by atoms with van der Waals surface area (Å²) >= 11 is 5.01. The summed E-state index contributed by atoms with van der Waals surface area (Å²) in [6.45, 7) is 6.27. The van der Waals surface area contributed by atoms with Crippen molar-refractivity contribution in [1.82, 2.24) is 4.90 Å². The summed E-state index contributed by atoms with van der Waals surface area (Å²) in [5.74, 6) is 0. The maximum absolute atomic E-state index is 5.64. The van der Waals surface area contributed by atoms with E-state index in [9.17, 15) is 0 Å². The predicted molar refractivity (Wildman–Crippen MR) is 64.9 cm³/mol. The summed E-state index contributed by atoms with van der Waals surface area (Å²) in [7, 11) is 0. The van der Waals surface area contributed by atoms with E-state index in [0.717, 1.165) is 32.7 Å². The van der Waals surface area contributed by atoms with Crippen molar-refractivity contribution in [3.63, 3.8) is 0 Å². The van der Waals surface area contributed by atoms with Crippen LogP contribution in [-0.4, -0.2) is 42.2 Å². The number of rotatable bonds is 4. The molecule has 1 unspecified atom stereocenters. The van der Waals surface area contributed by atoms with Gasteiger partial charge >= 0.3 is 0 Å². The first-order valence-corrected chi connectivity index (χ1v) is 6.13. The molecule has 1 aliphatic heterocycles. The van der Waals surface area contributed by atoms with Crippen molar-refractivity contribution < 1.29 is 4.74 Å². The number of hydrogen-bond donors (Lipinski definition) is 1. The van der Waals surface area contributed by atoms with Gasteiger partial charge in [0.25, 0.3) is 0 Å². The highest BCUT2D eigenvalue weighted by Gasteiger charge is 2.44. The van der Waals surface area contributed by atoms with Crippen molar-refractivity contribution in [3.05, 3.63) is 0 Å². The maximum atomic E-state index is 5.64. The lowest BCUT2D eigenvalue weighted by molar-refractivity contribution is -0.0242. The van der Waals surface area contributed by atoms with Gasteiger partial charge in [-0.15, -0.1) is 0 Å². The van der Waals surface area contributed by atoms with Crippen molar-refractivity contribution in [2.75, 3.05) is 26.2 Å². The van der Waals surface area contributed by atoms with Gasteiger partial charge in [-0.1, -0.05) is 12.2 Å². The highest BCUT2D eigenvalue weighted by molar-refractivity contribution is 7.80. The van der Waals surface area contributed by atoms with Gasteiger partial charge in [-0.3, -0.25) is 4.90 Å². The van der Waals surface area contributed by atoms with Crippen LogP contribution in [0, 0.1) is 5.41 Å². The number of morpholine rings is 1. The van der Waals surface area contributed by atoms with Crippen LogP contribution >= 0.6 is 12.2 Å². The topological polar surface area (TPSA) is 38.5 Å². The standard InChI is InChI=1S/C11H20N2OS/c1-9-7-13(4-5-14-9)8-11(2-3-11)6-10(12)15/h9H,2-8H2,1H3,(H2,12,15). The Labute approximate surface area is 96.9 Å². The minimum atomic E-state index is 0.374. The number of nitrogens with two attached hydrogens (primary N) is 1. The second kappa shape index (κ2) is 4.36. The van der Waals surface area contributed by atoms with Crippen molar-refractivity contribution in [2.24, 2.45) is 11.1 Å². The molecule has 3 nitrogen and oxygen atoms in total. The zero-order valence-corrected chi connectivity index (χ0v) is 10.2. The Hall–Kier alpha value is -0.190.